The second-order valence-electron chi connectivity index (χ2n) is 6.64. The van der Waals surface area contributed by atoms with Crippen molar-refractivity contribution in [2.45, 2.75) is 50.0 Å². The highest BCUT2D eigenvalue weighted by Gasteiger charge is 2.31. The second kappa shape index (κ2) is 6.87. The Bertz CT molecular complexity index is 649. The fourth-order valence-electron chi connectivity index (χ4n) is 3.68. The Balaban J connectivity index is 1.67. The minimum absolute atomic E-state index is 0.197. The van der Waals surface area contributed by atoms with Gasteiger partial charge in [-0.1, -0.05) is 19.3 Å². The molecule has 6 heteroatoms. The number of sulfonamides is 1. The molecule has 0 atom stereocenters. The van der Waals surface area contributed by atoms with Crippen LogP contribution >= 0.6 is 0 Å². The van der Waals surface area contributed by atoms with Crippen LogP contribution in [0.5, 0.6) is 0 Å². The van der Waals surface area contributed by atoms with E-state index in [2.05, 4.69) is 4.90 Å². The number of rotatable bonds is 3. The van der Waals surface area contributed by atoms with Gasteiger partial charge in [0.2, 0.25) is 10.0 Å². The van der Waals surface area contributed by atoms with E-state index >= 15 is 0 Å². The summed E-state index contributed by atoms with van der Waals surface area (Å²) in [5.74, 6) is -0.369. The van der Waals surface area contributed by atoms with Gasteiger partial charge in [0.05, 0.1) is 4.90 Å². The molecule has 0 unspecified atom stereocenters. The summed E-state index contributed by atoms with van der Waals surface area (Å²) in [4.78, 5) is 2.64. The smallest absolute Gasteiger partial charge is 0.243 e. The molecule has 1 saturated heterocycles. The van der Waals surface area contributed by atoms with E-state index < -0.39 is 10.0 Å². The summed E-state index contributed by atoms with van der Waals surface area (Å²) < 4.78 is 40.3. The zero-order chi connectivity index (χ0) is 16.4. The summed E-state index contributed by atoms with van der Waals surface area (Å²) in [6.07, 6.45) is 6.39. The number of hydrogen-bond donors (Lipinski definition) is 0. The molecule has 128 valence electrons. The van der Waals surface area contributed by atoms with Crippen molar-refractivity contribution in [2.75, 3.05) is 26.2 Å². The van der Waals surface area contributed by atoms with Crippen molar-refractivity contribution >= 4 is 10.0 Å². The number of nitrogens with zero attached hydrogens (tertiary/aromatic N) is 2. The third kappa shape index (κ3) is 3.59. The van der Waals surface area contributed by atoms with Crippen LogP contribution in [0.1, 0.15) is 37.7 Å². The van der Waals surface area contributed by atoms with E-state index in [4.69, 9.17) is 0 Å². The highest BCUT2D eigenvalue weighted by Crippen LogP contribution is 2.25. The summed E-state index contributed by atoms with van der Waals surface area (Å²) in [7, 11) is -3.52. The van der Waals surface area contributed by atoms with Crippen LogP contribution in [0.25, 0.3) is 0 Å². The highest BCUT2D eigenvalue weighted by molar-refractivity contribution is 7.89. The molecule has 4 nitrogen and oxygen atoms in total. The topological polar surface area (TPSA) is 40.6 Å². The Kier molecular flexibility index (Phi) is 5.04. The molecule has 0 N–H and O–H groups in total. The van der Waals surface area contributed by atoms with E-state index in [-0.39, 0.29) is 10.7 Å². The molecule has 0 aromatic heterocycles. The maximum absolute atomic E-state index is 13.4. The van der Waals surface area contributed by atoms with Crippen LogP contribution in [-0.4, -0.2) is 49.8 Å². The number of halogens is 1. The second-order valence-corrected chi connectivity index (χ2v) is 8.58. The van der Waals surface area contributed by atoms with E-state index in [1.165, 1.54) is 50.3 Å². The average Bonchev–Trinajstić information content (AvgIpc) is 2.58. The molecule has 1 aromatic carbocycles. The van der Waals surface area contributed by atoms with Gasteiger partial charge in [0.1, 0.15) is 5.82 Å². The molecule has 1 aliphatic carbocycles. The molecule has 1 heterocycles. The Morgan fingerprint density at radius 2 is 1.70 bits per heavy atom. The van der Waals surface area contributed by atoms with Gasteiger partial charge in [-0.15, -0.1) is 0 Å². The van der Waals surface area contributed by atoms with Crippen LogP contribution in [0.3, 0.4) is 0 Å². The van der Waals surface area contributed by atoms with Gasteiger partial charge in [-0.25, -0.2) is 12.8 Å². The minimum atomic E-state index is -3.52. The summed E-state index contributed by atoms with van der Waals surface area (Å²) in [6, 6.07) is 4.66. The summed E-state index contributed by atoms with van der Waals surface area (Å²) in [5.41, 5.74) is 0.368. The molecule has 0 amide bonds. The Hall–Kier alpha value is -0.980. The zero-order valence-corrected chi connectivity index (χ0v) is 14.5. The molecule has 23 heavy (non-hydrogen) atoms. The van der Waals surface area contributed by atoms with Crippen LogP contribution in [0.4, 0.5) is 4.39 Å². The van der Waals surface area contributed by atoms with Crippen molar-refractivity contribution < 1.29 is 12.8 Å². The first-order valence-electron chi connectivity index (χ1n) is 8.49. The maximum Gasteiger partial charge on any atom is 0.243 e. The Morgan fingerprint density at radius 3 is 2.30 bits per heavy atom. The lowest BCUT2D eigenvalue weighted by Gasteiger charge is -2.40. The fourth-order valence-corrected chi connectivity index (χ4v) is 5.19. The van der Waals surface area contributed by atoms with Crippen molar-refractivity contribution in [3.63, 3.8) is 0 Å². The number of hydrogen-bond acceptors (Lipinski definition) is 3. The van der Waals surface area contributed by atoms with Gasteiger partial charge in [-0.3, -0.25) is 4.90 Å². The van der Waals surface area contributed by atoms with E-state index in [1.54, 1.807) is 11.2 Å². The molecule has 0 radical (unpaired) electrons. The quantitative estimate of drug-likeness (QED) is 0.849. The van der Waals surface area contributed by atoms with Crippen molar-refractivity contribution in [3.05, 3.63) is 29.6 Å². The summed E-state index contributed by atoms with van der Waals surface area (Å²) in [6.45, 7) is 4.23. The maximum atomic E-state index is 13.4. The van der Waals surface area contributed by atoms with E-state index in [0.29, 0.717) is 24.7 Å². The van der Waals surface area contributed by atoms with Crippen LogP contribution in [-0.2, 0) is 10.0 Å². The lowest BCUT2D eigenvalue weighted by atomic mass is 9.94. The van der Waals surface area contributed by atoms with Gasteiger partial charge < -0.3 is 0 Å². The van der Waals surface area contributed by atoms with Gasteiger partial charge in [-0.05, 0) is 43.5 Å². The van der Waals surface area contributed by atoms with Crippen molar-refractivity contribution in [1.29, 1.82) is 0 Å². The molecule has 0 spiro atoms. The minimum Gasteiger partial charge on any atom is -0.298 e. The molecule has 2 fully saturated rings. The summed E-state index contributed by atoms with van der Waals surface area (Å²) in [5, 5.41) is 0. The number of aryl methyl sites for hydroxylation is 1. The van der Waals surface area contributed by atoms with Crippen LogP contribution < -0.4 is 0 Å². The molecule has 0 bridgehead atoms. The van der Waals surface area contributed by atoms with Crippen LogP contribution in [0.15, 0.2) is 23.1 Å². The van der Waals surface area contributed by atoms with E-state index in [1.807, 2.05) is 0 Å². The van der Waals surface area contributed by atoms with Crippen molar-refractivity contribution in [2.24, 2.45) is 0 Å². The lowest BCUT2D eigenvalue weighted by Crippen LogP contribution is -2.52. The molecule has 1 aliphatic heterocycles. The highest BCUT2D eigenvalue weighted by atomic mass is 32.2. The van der Waals surface area contributed by atoms with Gasteiger partial charge in [0.25, 0.3) is 0 Å². The largest absolute Gasteiger partial charge is 0.298 e. The molecular weight excluding hydrogens is 315 g/mol. The van der Waals surface area contributed by atoms with Gasteiger partial charge in [0, 0.05) is 32.2 Å². The van der Waals surface area contributed by atoms with Gasteiger partial charge in [0.15, 0.2) is 0 Å². The standard InChI is InChI=1S/C17H25FN2O2S/c1-14-13-16(7-8-17(14)18)23(21,22)20-11-9-19(10-12-20)15-5-3-2-4-6-15/h7-8,13,15H,2-6,9-12H2,1H3. The van der Waals surface area contributed by atoms with E-state index in [0.717, 1.165) is 13.1 Å². The van der Waals surface area contributed by atoms with Crippen LogP contribution in [0, 0.1) is 12.7 Å². The third-order valence-electron chi connectivity index (χ3n) is 5.13. The SMILES string of the molecule is Cc1cc(S(=O)(=O)N2CCN(C3CCCCC3)CC2)ccc1F. The zero-order valence-electron chi connectivity index (χ0n) is 13.7. The predicted octanol–water partition coefficient (Wildman–Crippen LogP) is 2.77. The van der Waals surface area contributed by atoms with Crippen molar-refractivity contribution in [1.82, 2.24) is 9.21 Å². The molecule has 2 aliphatic rings. The van der Waals surface area contributed by atoms with E-state index in [9.17, 15) is 12.8 Å². The summed E-state index contributed by atoms with van der Waals surface area (Å²) >= 11 is 0. The Labute approximate surface area is 138 Å². The fraction of sp³-hybridized carbons (Fsp3) is 0.647. The number of piperazine rings is 1. The third-order valence-corrected chi connectivity index (χ3v) is 7.03. The van der Waals surface area contributed by atoms with Gasteiger partial charge >= 0.3 is 0 Å². The first kappa shape index (κ1) is 16.9. The first-order valence-corrected chi connectivity index (χ1v) is 9.93. The van der Waals surface area contributed by atoms with Gasteiger partial charge in [-0.2, -0.15) is 4.31 Å². The molecule has 1 aromatic rings. The first-order chi connectivity index (χ1) is 11.0. The molecular formula is C17H25FN2O2S. The average molecular weight is 340 g/mol. The molecule has 1 saturated carbocycles. The van der Waals surface area contributed by atoms with Crippen molar-refractivity contribution in [3.8, 4) is 0 Å². The number of benzene rings is 1. The lowest BCUT2D eigenvalue weighted by molar-refractivity contribution is 0.111. The molecule has 3 rings (SSSR count). The normalized spacial score (nSPS) is 22.3. The predicted molar refractivity (Wildman–Crippen MR) is 88.3 cm³/mol. The monoisotopic (exact) mass is 340 g/mol. The Morgan fingerprint density at radius 1 is 1.04 bits per heavy atom. The van der Waals surface area contributed by atoms with Crippen LogP contribution in [0.2, 0.25) is 0 Å².